The van der Waals surface area contributed by atoms with E-state index in [1.54, 1.807) is 19.2 Å². The van der Waals surface area contributed by atoms with Crippen LogP contribution in [0.5, 0.6) is 11.5 Å². The SMILES string of the molecule is COc1ccc(CCC(C)Nc2cccc(O)c2)cc1. The van der Waals surface area contributed by atoms with E-state index in [-0.39, 0.29) is 5.75 Å². The smallest absolute Gasteiger partial charge is 0.118 e. The van der Waals surface area contributed by atoms with Gasteiger partial charge in [0, 0.05) is 17.8 Å². The van der Waals surface area contributed by atoms with Crippen LogP contribution in [0.2, 0.25) is 0 Å². The van der Waals surface area contributed by atoms with Crippen LogP contribution in [0, 0.1) is 0 Å². The summed E-state index contributed by atoms with van der Waals surface area (Å²) in [5.74, 6) is 1.18. The van der Waals surface area contributed by atoms with Gasteiger partial charge in [0.05, 0.1) is 7.11 Å². The van der Waals surface area contributed by atoms with E-state index < -0.39 is 0 Å². The first-order chi connectivity index (χ1) is 9.67. The molecule has 2 aromatic carbocycles. The van der Waals surface area contributed by atoms with Crippen LogP contribution in [0.3, 0.4) is 0 Å². The highest BCUT2D eigenvalue weighted by Crippen LogP contribution is 2.18. The molecule has 1 atom stereocenters. The van der Waals surface area contributed by atoms with E-state index >= 15 is 0 Å². The Morgan fingerprint density at radius 1 is 1.15 bits per heavy atom. The van der Waals surface area contributed by atoms with Gasteiger partial charge in [-0.15, -0.1) is 0 Å². The number of rotatable bonds is 6. The third kappa shape index (κ3) is 4.19. The standard InChI is InChI=1S/C17H21NO2/c1-13(18-15-4-3-5-16(19)12-15)6-7-14-8-10-17(20-2)11-9-14/h3-5,8-13,18-19H,6-7H2,1-2H3. The maximum absolute atomic E-state index is 9.43. The topological polar surface area (TPSA) is 41.5 Å². The molecule has 0 aliphatic rings. The molecule has 3 nitrogen and oxygen atoms in total. The summed E-state index contributed by atoms with van der Waals surface area (Å²) >= 11 is 0. The minimum absolute atomic E-state index is 0.289. The quantitative estimate of drug-likeness (QED) is 0.839. The van der Waals surface area contributed by atoms with E-state index in [9.17, 15) is 5.11 Å². The number of methoxy groups -OCH3 is 1. The van der Waals surface area contributed by atoms with Gasteiger partial charge < -0.3 is 15.2 Å². The first kappa shape index (κ1) is 14.3. The maximum atomic E-state index is 9.43. The molecule has 2 rings (SSSR count). The van der Waals surface area contributed by atoms with Gasteiger partial charge in [0.2, 0.25) is 0 Å². The number of aromatic hydroxyl groups is 1. The van der Waals surface area contributed by atoms with Crippen LogP contribution >= 0.6 is 0 Å². The summed E-state index contributed by atoms with van der Waals surface area (Å²) in [6, 6.07) is 15.7. The van der Waals surface area contributed by atoms with Crippen molar-refractivity contribution in [2.75, 3.05) is 12.4 Å². The molecule has 0 aromatic heterocycles. The van der Waals surface area contributed by atoms with E-state index in [0.717, 1.165) is 24.3 Å². The molecule has 0 radical (unpaired) electrons. The highest BCUT2D eigenvalue weighted by Gasteiger charge is 2.03. The molecule has 20 heavy (non-hydrogen) atoms. The summed E-state index contributed by atoms with van der Waals surface area (Å²) < 4.78 is 5.15. The fourth-order valence-corrected chi connectivity index (χ4v) is 2.13. The Kier molecular flexibility index (Phi) is 4.88. The molecular formula is C17H21NO2. The second kappa shape index (κ2) is 6.85. The fraction of sp³-hybridized carbons (Fsp3) is 0.294. The number of hydrogen-bond acceptors (Lipinski definition) is 3. The van der Waals surface area contributed by atoms with Crippen molar-refractivity contribution in [2.45, 2.75) is 25.8 Å². The van der Waals surface area contributed by atoms with Crippen LogP contribution in [0.15, 0.2) is 48.5 Å². The lowest BCUT2D eigenvalue weighted by Gasteiger charge is -2.15. The summed E-state index contributed by atoms with van der Waals surface area (Å²) in [5.41, 5.74) is 2.25. The molecule has 0 aliphatic heterocycles. The number of aryl methyl sites for hydroxylation is 1. The molecule has 0 saturated heterocycles. The van der Waals surface area contributed by atoms with Gasteiger partial charge in [0.1, 0.15) is 11.5 Å². The number of phenols is 1. The third-order valence-electron chi connectivity index (χ3n) is 3.28. The Morgan fingerprint density at radius 2 is 1.90 bits per heavy atom. The summed E-state index contributed by atoms with van der Waals surface area (Å²) in [6.45, 7) is 2.15. The molecule has 106 valence electrons. The van der Waals surface area contributed by atoms with Crippen molar-refractivity contribution in [3.63, 3.8) is 0 Å². The zero-order valence-electron chi connectivity index (χ0n) is 12.0. The van der Waals surface area contributed by atoms with Gasteiger partial charge in [-0.2, -0.15) is 0 Å². The van der Waals surface area contributed by atoms with E-state index in [1.165, 1.54) is 5.56 Å². The Bertz CT molecular complexity index is 537. The lowest BCUT2D eigenvalue weighted by Crippen LogP contribution is -2.15. The molecule has 3 heteroatoms. The Labute approximate surface area is 120 Å². The number of anilines is 1. The second-order valence-corrected chi connectivity index (χ2v) is 4.98. The third-order valence-corrected chi connectivity index (χ3v) is 3.28. The predicted molar refractivity (Wildman–Crippen MR) is 82.5 cm³/mol. The zero-order chi connectivity index (χ0) is 14.4. The average molecular weight is 271 g/mol. The number of hydrogen-bond donors (Lipinski definition) is 2. The molecule has 0 aliphatic carbocycles. The number of benzene rings is 2. The van der Waals surface area contributed by atoms with Gasteiger partial charge >= 0.3 is 0 Å². The van der Waals surface area contributed by atoms with Gasteiger partial charge in [-0.3, -0.25) is 0 Å². The zero-order valence-corrected chi connectivity index (χ0v) is 12.0. The second-order valence-electron chi connectivity index (χ2n) is 4.98. The molecule has 0 saturated carbocycles. The van der Waals surface area contributed by atoms with Crippen LogP contribution in [0.25, 0.3) is 0 Å². The van der Waals surface area contributed by atoms with Gasteiger partial charge in [-0.25, -0.2) is 0 Å². The van der Waals surface area contributed by atoms with Crippen molar-refractivity contribution in [3.05, 3.63) is 54.1 Å². The largest absolute Gasteiger partial charge is 0.508 e. The molecule has 0 amide bonds. The van der Waals surface area contributed by atoms with Gasteiger partial charge in [0.25, 0.3) is 0 Å². The Hall–Kier alpha value is -2.16. The molecule has 0 fully saturated rings. The van der Waals surface area contributed by atoms with Crippen molar-refractivity contribution in [3.8, 4) is 11.5 Å². The van der Waals surface area contributed by atoms with Gasteiger partial charge in [0.15, 0.2) is 0 Å². The van der Waals surface area contributed by atoms with E-state index in [1.807, 2.05) is 24.3 Å². The minimum Gasteiger partial charge on any atom is -0.508 e. The summed E-state index contributed by atoms with van der Waals surface area (Å²) in [6.07, 6.45) is 2.04. The monoisotopic (exact) mass is 271 g/mol. The first-order valence-corrected chi connectivity index (χ1v) is 6.86. The highest BCUT2D eigenvalue weighted by atomic mass is 16.5. The number of ether oxygens (including phenoxy) is 1. The van der Waals surface area contributed by atoms with Crippen LogP contribution < -0.4 is 10.1 Å². The van der Waals surface area contributed by atoms with E-state index in [2.05, 4.69) is 24.4 Å². The van der Waals surface area contributed by atoms with Gasteiger partial charge in [-0.05, 0) is 49.6 Å². The molecule has 0 bridgehead atoms. The van der Waals surface area contributed by atoms with Crippen molar-refractivity contribution >= 4 is 5.69 Å². The Morgan fingerprint density at radius 3 is 2.55 bits per heavy atom. The molecular weight excluding hydrogens is 250 g/mol. The lowest BCUT2D eigenvalue weighted by molar-refractivity contribution is 0.414. The summed E-state index contributed by atoms with van der Waals surface area (Å²) in [7, 11) is 1.68. The van der Waals surface area contributed by atoms with Crippen LogP contribution in [-0.2, 0) is 6.42 Å². The molecule has 2 N–H and O–H groups in total. The summed E-state index contributed by atoms with van der Waals surface area (Å²) in [5, 5.41) is 12.8. The molecule has 1 unspecified atom stereocenters. The lowest BCUT2D eigenvalue weighted by atomic mass is 10.1. The highest BCUT2D eigenvalue weighted by molar-refractivity contribution is 5.48. The molecule has 0 heterocycles. The fourth-order valence-electron chi connectivity index (χ4n) is 2.13. The van der Waals surface area contributed by atoms with Crippen LogP contribution in [-0.4, -0.2) is 18.3 Å². The van der Waals surface area contributed by atoms with Crippen LogP contribution in [0.1, 0.15) is 18.9 Å². The van der Waals surface area contributed by atoms with Crippen molar-refractivity contribution in [1.29, 1.82) is 0 Å². The number of nitrogens with one attached hydrogen (secondary N) is 1. The average Bonchev–Trinajstić information content (AvgIpc) is 2.46. The van der Waals surface area contributed by atoms with E-state index in [0.29, 0.717) is 6.04 Å². The van der Waals surface area contributed by atoms with Crippen molar-refractivity contribution in [2.24, 2.45) is 0 Å². The van der Waals surface area contributed by atoms with Crippen molar-refractivity contribution < 1.29 is 9.84 Å². The normalized spacial score (nSPS) is 11.9. The maximum Gasteiger partial charge on any atom is 0.118 e. The van der Waals surface area contributed by atoms with Gasteiger partial charge in [-0.1, -0.05) is 18.2 Å². The summed E-state index contributed by atoms with van der Waals surface area (Å²) in [4.78, 5) is 0. The molecule has 2 aromatic rings. The molecule has 0 spiro atoms. The first-order valence-electron chi connectivity index (χ1n) is 6.86. The predicted octanol–water partition coefficient (Wildman–Crippen LogP) is 3.83. The minimum atomic E-state index is 0.289. The van der Waals surface area contributed by atoms with Crippen LogP contribution in [0.4, 0.5) is 5.69 Å². The number of phenolic OH excluding ortho intramolecular Hbond substituents is 1. The Balaban J connectivity index is 1.83. The van der Waals surface area contributed by atoms with Crippen molar-refractivity contribution in [1.82, 2.24) is 0 Å². The van der Waals surface area contributed by atoms with E-state index in [4.69, 9.17) is 4.74 Å².